The molecule has 0 aliphatic carbocycles. The summed E-state index contributed by atoms with van der Waals surface area (Å²) in [5.74, 6) is -1.38. The number of benzene rings is 2. The predicted octanol–water partition coefficient (Wildman–Crippen LogP) is 5.14. The van der Waals surface area contributed by atoms with E-state index in [-0.39, 0.29) is 27.9 Å². The van der Waals surface area contributed by atoms with Crippen LogP contribution >= 0.6 is 11.3 Å². The van der Waals surface area contributed by atoms with Gasteiger partial charge in [0.15, 0.2) is 16.6 Å². The summed E-state index contributed by atoms with van der Waals surface area (Å²) in [5, 5.41) is 11.6. The van der Waals surface area contributed by atoms with E-state index in [4.69, 9.17) is 18.9 Å². The summed E-state index contributed by atoms with van der Waals surface area (Å²) in [6, 6.07) is 8.89. The second-order valence-electron chi connectivity index (χ2n) is 8.99. The number of rotatable bonds is 10. The minimum atomic E-state index is -1.09. The average Bonchev–Trinajstić information content (AvgIpc) is 3.47. The van der Waals surface area contributed by atoms with E-state index in [1.807, 2.05) is 6.92 Å². The first kappa shape index (κ1) is 29.3. The van der Waals surface area contributed by atoms with E-state index < -0.39 is 23.7 Å². The van der Waals surface area contributed by atoms with Crippen molar-refractivity contribution in [1.29, 1.82) is 0 Å². The highest BCUT2D eigenvalue weighted by atomic mass is 32.1. The molecular formula is C30H30N2O8S. The number of methoxy groups -OCH3 is 2. The Bertz CT molecular complexity index is 1560. The number of Topliss-reactive ketones (excluding diaryl/α,β-unsaturated/α-hetero) is 1. The fraction of sp³-hybridized carbons (Fsp3) is 0.267. The van der Waals surface area contributed by atoms with Gasteiger partial charge in [-0.3, -0.25) is 14.5 Å². The number of thiazole rings is 1. The first-order valence-electron chi connectivity index (χ1n) is 12.7. The topological polar surface area (TPSA) is 124 Å². The molecule has 1 aliphatic heterocycles. The van der Waals surface area contributed by atoms with Crippen molar-refractivity contribution in [2.45, 2.75) is 26.8 Å². The maximum Gasteiger partial charge on any atom is 0.350 e. The zero-order valence-electron chi connectivity index (χ0n) is 23.3. The monoisotopic (exact) mass is 578 g/mol. The maximum atomic E-state index is 13.6. The van der Waals surface area contributed by atoms with Gasteiger partial charge in [-0.15, -0.1) is 0 Å². The fourth-order valence-electron chi connectivity index (χ4n) is 4.52. The summed E-state index contributed by atoms with van der Waals surface area (Å²) in [5.41, 5.74) is 1.64. The quantitative estimate of drug-likeness (QED) is 0.114. The third-order valence-electron chi connectivity index (χ3n) is 6.45. The Morgan fingerprint density at radius 2 is 1.88 bits per heavy atom. The highest BCUT2D eigenvalue weighted by Crippen LogP contribution is 2.46. The number of anilines is 1. The standard InChI is InChI=1S/C30H30N2O8S/c1-7-13-40-29(36)27-17(4)31-30(41-27)32-24(18-9-12-21(39-8-2)22(15-18)38-6)23(26(34)28(32)35)25(33)20-11-10-19(37-5)14-16(20)3/h7,9-12,14-15,24,33H,1,8,13H2,2-6H3/t24-/m1/s1. The van der Waals surface area contributed by atoms with Crippen LogP contribution in [-0.2, 0) is 14.3 Å². The molecule has 0 bridgehead atoms. The molecule has 214 valence electrons. The van der Waals surface area contributed by atoms with Gasteiger partial charge in [0.05, 0.1) is 38.1 Å². The molecule has 1 aromatic heterocycles. The van der Waals surface area contributed by atoms with Crippen LogP contribution in [0.25, 0.3) is 5.76 Å². The number of nitrogens with zero attached hydrogens (tertiary/aromatic N) is 2. The van der Waals surface area contributed by atoms with Crippen LogP contribution in [0, 0.1) is 13.8 Å². The number of carbonyl (C=O) groups is 3. The molecule has 0 unspecified atom stereocenters. The Hall–Kier alpha value is -4.64. The predicted molar refractivity (Wildman–Crippen MR) is 154 cm³/mol. The van der Waals surface area contributed by atoms with Crippen LogP contribution < -0.4 is 19.1 Å². The molecule has 0 radical (unpaired) electrons. The lowest BCUT2D eigenvalue weighted by atomic mass is 9.93. The van der Waals surface area contributed by atoms with E-state index in [0.29, 0.717) is 46.2 Å². The van der Waals surface area contributed by atoms with E-state index in [9.17, 15) is 19.5 Å². The van der Waals surface area contributed by atoms with Crippen molar-refractivity contribution in [2.75, 3.05) is 32.3 Å². The number of hydrogen-bond acceptors (Lipinski definition) is 10. The smallest absolute Gasteiger partial charge is 0.350 e. The molecule has 1 N–H and O–H groups in total. The highest BCUT2D eigenvalue weighted by Gasteiger charge is 2.48. The first-order chi connectivity index (χ1) is 19.7. The number of hydrogen-bond donors (Lipinski definition) is 1. The molecule has 1 atom stereocenters. The van der Waals surface area contributed by atoms with E-state index in [2.05, 4.69) is 11.6 Å². The summed E-state index contributed by atoms with van der Waals surface area (Å²) in [4.78, 5) is 45.6. The maximum absolute atomic E-state index is 13.6. The van der Waals surface area contributed by atoms with Crippen molar-refractivity contribution in [3.63, 3.8) is 0 Å². The van der Waals surface area contributed by atoms with Crippen LogP contribution in [0.15, 0.2) is 54.6 Å². The Kier molecular flexibility index (Phi) is 8.77. The van der Waals surface area contributed by atoms with Crippen LogP contribution in [-0.4, -0.2) is 55.2 Å². The Labute approximate surface area is 241 Å². The van der Waals surface area contributed by atoms with Crippen LogP contribution in [0.2, 0.25) is 0 Å². The first-order valence-corrected chi connectivity index (χ1v) is 13.5. The fourth-order valence-corrected chi connectivity index (χ4v) is 5.51. The second kappa shape index (κ2) is 12.3. The number of esters is 1. The third kappa shape index (κ3) is 5.53. The van der Waals surface area contributed by atoms with Crippen molar-refractivity contribution in [2.24, 2.45) is 0 Å². The van der Waals surface area contributed by atoms with Gasteiger partial charge in [-0.05, 0) is 62.2 Å². The summed E-state index contributed by atoms with van der Waals surface area (Å²) >= 11 is 0.915. The van der Waals surface area contributed by atoms with Gasteiger partial charge >= 0.3 is 11.9 Å². The molecule has 11 heteroatoms. The highest BCUT2D eigenvalue weighted by molar-refractivity contribution is 7.17. The van der Waals surface area contributed by atoms with E-state index in [1.165, 1.54) is 25.2 Å². The Morgan fingerprint density at radius 3 is 2.51 bits per heavy atom. The number of carbonyl (C=O) groups excluding carboxylic acids is 3. The molecule has 1 aliphatic rings. The third-order valence-corrected chi connectivity index (χ3v) is 7.58. The molecule has 0 saturated carbocycles. The largest absolute Gasteiger partial charge is 0.507 e. The lowest BCUT2D eigenvalue weighted by Crippen LogP contribution is -2.29. The zero-order valence-corrected chi connectivity index (χ0v) is 24.2. The Balaban J connectivity index is 1.94. The molecule has 4 rings (SSSR count). The van der Waals surface area contributed by atoms with E-state index in [0.717, 1.165) is 11.3 Å². The number of ether oxygens (including phenoxy) is 4. The Morgan fingerprint density at radius 1 is 1.12 bits per heavy atom. The molecule has 1 amide bonds. The second-order valence-corrected chi connectivity index (χ2v) is 9.97. The number of aliphatic hydroxyl groups is 1. The van der Waals surface area contributed by atoms with Crippen molar-refractivity contribution < 1.29 is 38.4 Å². The van der Waals surface area contributed by atoms with Gasteiger partial charge in [0.25, 0.3) is 5.78 Å². The summed E-state index contributed by atoms with van der Waals surface area (Å²) in [6.07, 6.45) is 1.44. The number of aromatic nitrogens is 1. The normalized spacial score (nSPS) is 16.0. The molecule has 10 nitrogen and oxygen atoms in total. The lowest BCUT2D eigenvalue weighted by molar-refractivity contribution is -0.132. The molecule has 41 heavy (non-hydrogen) atoms. The van der Waals surface area contributed by atoms with Crippen molar-refractivity contribution >= 4 is 39.9 Å². The van der Waals surface area contributed by atoms with Gasteiger partial charge in [-0.25, -0.2) is 9.78 Å². The molecule has 2 heterocycles. The van der Waals surface area contributed by atoms with Gasteiger partial charge in [-0.1, -0.05) is 30.1 Å². The molecule has 0 spiro atoms. The molecule has 3 aromatic rings. The van der Waals surface area contributed by atoms with Crippen LogP contribution in [0.1, 0.15) is 45.0 Å². The SMILES string of the molecule is C=CCOC(=O)c1sc(N2C(=O)C(=O)C(=C(O)c3ccc(OC)cc3C)[C@H]2c2ccc(OCC)c(OC)c2)nc1C. The minimum absolute atomic E-state index is 0.00318. The van der Waals surface area contributed by atoms with Gasteiger partial charge in [0.2, 0.25) is 0 Å². The number of ketones is 1. The summed E-state index contributed by atoms with van der Waals surface area (Å²) < 4.78 is 21.6. The van der Waals surface area contributed by atoms with Crippen molar-refractivity contribution in [3.8, 4) is 17.2 Å². The van der Waals surface area contributed by atoms with Crippen LogP contribution in [0.3, 0.4) is 0 Å². The average molecular weight is 579 g/mol. The summed E-state index contributed by atoms with van der Waals surface area (Å²) in [7, 11) is 3.00. The van der Waals surface area contributed by atoms with Crippen LogP contribution in [0.4, 0.5) is 5.13 Å². The number of aryl methyl sites for hydroxylation is 2. The lowest BCUT2D eigenvalue weighted by Gasteiger charge is -2.24. The zero-order chi connectivity index (χ0) is 29.8. The van der Waals surface area contributed by atoms with Gasteiger partial charge in [-0.2, -0.15) is 0 Å². The number of amides is 1. The van der Waals surface area contributed by atoms with Gasteiger partial charge < -0.3 is 24.1 Å². The minimum Gasteiger partial charge on any atom is -0.507 e. The molecular weight excluding hydrogens is 548 g/mol. The molecule has 1 saturated heterocycles. The molecule has 2 aromatic carbocycles. The summed E-state index contributed by atoms with van der Waals surface area (Å²) in [6.45, 7) is 9.14. The van der Waals surface area contributed by atoms with Gasteiger partial charge in [0, 0.05) is 5.56 Å². The van der Waals surface area contributed by atoms with Gasteiger partial charge in [0.1, 0.15) is 23.0 Å². The number of aliphatic hydroxyl groups excluding tert-OH is 1. The van der Waals surface area contributed by atoms with E-state index >= 15 is 0 Å². The molecule has 1 fully saturated rings. The van der Waals surface area contributed by atoms with Crippen molar-refractivity contribution in [3.05, 3.63) is 81.9 Å². The van der Waals surface area contributed by atoms with E-state index in [1.54, 1.807) is 50.2 Å². The van der Waals surface area contributed by atoms with Crippen molar-refractivity contribution in [1.82, 2.24) is 4.98 Å². The van der Waals surface area contributed by atoms with Crippen LogP contribution in [0.5, 0.6) is 17.2 Å².